The van der Waals surface area contributed by atoms with E-state index in [-0.39, 0.29) is 12.6 Å². The molecule has 7 nitrogen and oxygen atoms in total. The van der Waals surface area contributed by atoms with Crippen LogP contribution in [0.2, 0.25) is 0 Å². The highest BCUT2D eigenvalue weighted by Crippen LogP contribution is 2.16. The molecule has 0 unspecified atom stereocenters. The Bertz CT molecular complexity index is 644. The number of rotatable bonds is 5. The fraction of sp³-hybridized carbons (Fsp3) is 0.188. The van der Waals surface area contributed by atoms with Gasteiger partial charge >= 0.3 is 12.2 Å². The molecule has 0 aliphatic rings. The molecule has 23 heavy (non-hydrogen) atoms. The number of nitrogens with one attached hydrogen (secondary N) is 2. The maximum Gasteiger partial charge on any atom is 0.513 e. The summed E-state index contributed by atoms with van der Waals surface area (Å²) in [6.45, 7) is 2.34. The van der Waals surface area contributed by atoms with Crippen LogP contribution in [-0.2, 0) is 11.3 Å². The van der Waals surface area contributed by atoms with Gasteiger partial charge in [0.15, 0.2) is 0 Å². The van der Waals surface area contributed by atoms with E-state index in [0.29, 0.717) is 18.0 Å². The van der Waals surface area contributed by atoms with Crippen molar-refractivity contribution in [3.63, 3.8) is 0 Å². The monoisotopic (exact) mass is 315 g/mol. The molecule has 2 rings (SSSR count). The van der Waals surface area contributed by atoms with Crippen molar-refractivity contribution in [2.24, 2.45) is 0 Å². The largest absolute Gasteiger partial charge is 0.513 e. The molecule has 0 atom stereocenters. The lowest BCUT2D eigenvalue weighted by atomic mass is 10.3. The molecule has 0 saturated carbocycles. The second-order valence-electron chi connectivity index (χ2n) is 4.47. The maximum absolute atomic E-state index is 11.8. The van der Waals surface area contributed by atoms with Gasteiger partial charge in [-0.2, -0.15) is 0 Å². The third kappa shape index (κ3) is 5.66. The molecule has 2 amide bonds. The average molecular weight is 315 g/mol. The molecule has 1 aromatic heterocycles. The van der Waals surface area contributed by atoms with Gasteiger partial charge in [0.05, 0.1) is 6.61 Å². The molecule has 1 aromatic carbocycles. The minimum atomic E-state index is -0.761. The Morgan fingerprint density at radius 1 is 1.09 bits per heavy atom. The molecule has 2 N–H and O–H groups in total. The number of carbonyl (C=O) groups excluding carboxylic acids is 2. The molecule has 7 heteroatoms. The zero-order chi connectivity index (χ0) is 16.5. The van der Waals surface area contributed by atoms with E-state index in [1.54, 1.807) is 43.6 Å². The number of ether oxygens (including phenoxy) is 2. The SMILES string of the molecule is CCOC(=O)Oc1ccc(NC(=O)NCc2ccncc2)cc1. The van der Waals surface area contributed by atoms with Crippen LogP contribution >= 0.6 is 0 Å². The standard InChI is InChI=1S/C16H17N3O4/c1-2-22-16(21)23-14-5-3-13(4-6-14)19-15(20)18-11-12-7-9-17-10-8-12/h3-10H,2,11H2,1H3,(H2,18,19,20). The van der Waals surface area contributed by atoms with Crippen LogP contribution in [0.4, 0.5) is 15.3 Å². The van der Waals surface area contributed by atoms with Gasteiger partial charge in [0.25, 0.3) is 0 Å². The zero-order valence-electron chi connectivity index (χ0n) is 12.6. The van der Waals surface area contributed by atoms with Gasteiger partial charge in [0, 0.05) is 24.6 Å². The Morgan fingerprint density at radius 2 is 1.78 bits per heavy atom. The number of hydrogen-bond donors (Lipinski definition) is 2. The lowest BCUT2D eigenvalue weighted by Crippen LogP contribution is -2.28. The van der Waals surface area contributed by atoms with E-state index in [2.05, 4.69) is 20.4 Å². The summed E-state index contributed by atoms with van der Waals surface area (Å²) in [6.07, 6.45) is 2.57. The Morgan fingerprint density at radius 3 is 2.43 bits per heavy atom. The van der Waals surface area contributed by atoms with E-state index in [9.17, 15) is 9.59 Å². The molecule has 0 aliphatic heterocycles. The van der Waals surface area contributed by atoms with Gasteiger partial charge in [0.1, 0.15) is 5.75 Å². The predicted molar refractivity (Wildman–Crippen MR) is 84.2 cm³/mol. The summed E-state index contributed by atoms with van der Waals surface area (Å²) in [6, 6.07) is 9.69. The van der Waals surface area contributed by atoms with Gasteiger partial charge < -0.3 is 20.1 Å². The highest BCUT2D eigenvalue weighted by molar-refractivity contribution is 5.89. The lowest BCUT2D eigenvalue weighted by Gasteiger charge is -2.08. The highest BCUT2D eigenvalue weighted by atomic mass is 16.7. The summed E-state index contributed by atoms with van der Waals surface area (Å²) in [7, 11) is 0. The molecule has 0 bridgehead atoms. The van der Waals surface area contributed by atoms with Gasteiger partial charge in [-0.3, -0.25) is 4.98 Å². The maximum atomic E-state index is 11.8. The van der Waals surface area contributed by atoms with Crippen LogP contribution in [0.5, 0.6) is 5.75 Å². The predicted octanol–water partition coefficient (Wildman–Crippen LogP) is 2.94. The fourth-order valence-electron chi connectivity index (χ4n) is 1.71. The first-order valence-electron chi connectivity index (χ1n) is 7.06. The first-order valence-corrected chi connectivity index (χ1v) is 7.06. The molecule has 0 spiro atoms. The highest BCUT2D eigenvalue weighted by Gasteiger charge is 2.06. The minimum Gasteiger partial charge on any atom is -0.434 e. The summed E-state index contributed by atoms with van der Waals surface area (Å²) >= 11 is 0. The first-order chi connectivity index (χ1) is 11.2. The van der Waals surface area contributed by atoms with Crippen LogP contribution in [0.25, 0.3) is 0 Å². The van der Waals surface area contributed by atoms with E-state index in [1.165, 1.54) is 0 Å². The molecule has 120 valence electrons. The van der Waals surface area contributed by atoms with Gasteiger partial charge in [0.2, 0.25) is 0 Å². The van der Waals surface area contributed by atoms with Crippen molar-refractivity contribution in [1.29, 1.82) is 0 Å². The number of benzene rings is 1. The van der Waals surface area contributed by atoms with Gasteiger partial charge in [-0.15, -0.1) is 0 Å². The van der Waals surface area contributed by atoms with Gasteiger partial charge in [-0.1, -0.05) is 0 Å². The normalized spacial score (nSPS) is 9.78. The second-order valence-corrected chi connectivity index (χ2v) is 4.47. The summed E-state index contributed by atoms with van der Waals surface area (Å²) in [4.78, 5) is 26.9. The Labute approximate surface area is 133 Å². The first kappa shape index (κ1) is 16.3. The van der Waals surface area contributed by atoms with E-state index in [1.807, 2.05) is 12.1 Å². The van der Waals surface area contributed by atoms with Crippen molar-refractivity contribution in [2.45, 2.75) is 13.5 Å². The molecule has 2 aromatic rings. The van der Waals surface area contributed by atoms with Crippen LogP contribution in [0.1, 0.15) is 12.5 Å². The number of carbonyl (C=O) groups is 2. The third-order valence-corrected chi connectivity index (χ3v) is 2.78. The van der Waals surface area contributed by atoms with E-state index in [4.69, 9.17) is 4.74 Å². The number of nitrogens with zero attached hydrogens (tertiary/aromatic N) is 1. The van der Waals surface area contributed by atoms with Crippen molar-refractivity contribution >= 4 is 17.9 Å². The van der Waals surface area contributed by atoms with E-state index >= 15 is 0 Å². The topological polar surface area (TPSA) is 89.5 Å². The van der Waals surface area contributed by atoms with E-state index < -0.39 is 6.16 Å². The Balaban J connectivity index is 1.80. The van der Waals surface area contributed by atoms with Crippen LogP contribution in [-0.4, -0.2) is 23.8 Å². The number of hydrogen-bond acceptors (Lipinski definition) is 5. The molecular formula is C16H17N3O4. The quantitative estimate of drug-likeness (QED) is 0.654. The Kier molecular flexibility index (Phi) is 5.93. The molecular weight excluding hydrogens is 298 g/mol. The molecule has 0 saturated heterocycles. The van der Waals surface area contributed by atoms with Crippen LogP contribution < -0.4 is 15.4 Å². The summed E-state index contributed by atoms with van der Waals surface area (Å²) in [5.74, 6) is 0.339. The van der Waals surface area contributed by atoms with Crippen LogP contribution in [0, 0.1) is 0 Å². The van der Waals surface area contributed by atoms with Crippen molar-refractivity contribution < 1.29 is 19.1 Å². The summed E-state index contributed by atoms with van der Waals surface area (Å²) < 4.78 is 9.59. The average Bonchev–Trinajstić information content (AvgIpc) is 2.56. The second kappa shape index (κ2) is 8.38. The molecule has 0 radical (unpaired) electrons. The molecule has 0 fully saturated rings. The summed E-state index contributed by atoms with van der Waals surface area (Å²) in [5, 5.41) is 5.41. The number of aromatic nitrogens is 1. The van der Waals surface area contributed by atoms with Crippen molar-refractivity contribution in [1.82, 2.24) is 10.3 Å². The summed E-state index contributed by atoms with van der Waals surface area (Å²) in [5.41, 5.74) is 1.53. The van der Waals surface area contributed by atoms with E-state index in [0.717, 1.165) is 5.56 Å². The fourth-order valence-corrected chi connectivity index (χ4v) is 1.71. The molecule has 1 heterocycles. The van der Waals surface area contributed by atoms with Crippen LogP contribution in [0.3, 0.4) is 0 Å². The smallest absolute Gasteiger partial charge is 0.434 e. The zero-order valence-corrected chi connectivity index (χ0v) is 12.6. The number of pyridine rings is 1. The Hall–Kier alpha value is -3.09. The third-order valence-electron chi connectivity index (χ3n) is 2.78. The van der Waals surface area contributed by atoms with Crippen molar-refractivity contribution in [3.05, 3.63) is 54.4 Å². The lowest BCUT2D eigenvalue weighted by molar-refractivity contribution is 0.104. The van der Waals surface area contributed by atoms with Crippen molar-refractivity contribution in [2.75, 3.05) is 11.9 Å². The van der Waals surface area contributed by atoms with Crippen molar-refractivity contribution in [3.8, 4) is 5.75 Å². The number of anilines is 1. The van der Waals surface area contributed by atoms with Crippen LogP contribution in [0.15, 0.2) is 48.8 Å². The number of urea groups is 1. The minimum absolute atomic E-state index is 0.246. The van der Waals surface area contributed by atoms with Gasteiger partial charge in [-0.05, 0) is 48.9 Å². The van der Waals surface area contributed by atoms with Gasteiger partial charge in [-0.25, -0.2) is 9.59 Å². The number of amides is 2. The molecule has 0 aliphatic carbocycles.